The van der Waals surface area contributed by atoms with Gasteiger partial charge in [-0.15, -0.1) is 0 Å². The van der Waals surface area contributed by atoms with Gasteiger partial charge in [-0.05, 0) is 53.6 Å². The van der Waals surface area contributed by atoms with Crippen molar-refractivity contribution in [2.45, 2.75) is 0 Å². The number of para-hydroxylation sites is 2. The van der Waals surface area contributed by atoms with Gasteiger partial charge in [0.1, 0.15) is 16.9 Å². The fourth-order valence-corrected chi connectivity index (χ4v) is 7.84. The van der Waals surface area contributed by atoms with E-state index in [0.717, 1.165) is 66.6 Å². The molecule has 0 unspecified atom stereocenters. The molecule has 0 amide bonds. The number of fused-ring (bicyclic) bond motifs is 6. The molecule has 0 aliphatic carbocycles. The fraction of sp³-hybridized carbons (Fsp3) is 0. The molecule has 4 aromatic heterocycles. The van der Waals surface area contributed by atoms with Crippen LogP contribution in [0.25, 0.3) is 106 Å². The van der Waals surface area contributed by atoms with Gasteiger partial charge in [0.15, 0.2) is 17.5 Å². The van der Waals surface area contributed by atoms with Gasteiger partial charge in [0, 0.05) is 32.8 Å². The average Bonchev–Trinajstić information content (AvgIpc) is 3.82. The van der Waals surface area contributed by atoms with Gasteiger partial charge in [-0.2, -0.15) is 0 Å². The Bertz CT molecular complexity index is 3190. The Labute approximate surface area is 322 Å². The zero-order valence-electron chi connectivity index (χ0n) is 30.0. The Kier molecular flexibility index (Phi) is 7.38. The standard InChI is InChI=1S/C50H31N5O/c1-4-15-32(16-5-1)35-27-28-38-37-21-10-12-25-42(37)55(43(38)29-35)44-30-36(31-46-47(44)39-22-11-13-26-45(39)56-46)40-23-14-24-41(51-40)50-53-48(33-17-6-2-7-18-33)52-49(54-50)34-19-8-3-9-20-34/h1-31H. The van der Waals surface area contributed by atoms with Crippen LogP contribution in [0.1, 0.15) is 0 Å². The van der Waals surface area contributed by atoms with Gasteiger partial charge in [-0.1, -0.05) is 146 Å². The van der Waals surface area contributed by atoms with Crippen LogP contribution in [0, 0.1) is 0 Å². The third-order valence-electron chi connectivity index (χ3n) is 10.5. The molecule has 262 valence electrons. The highest BCUT2D eigenvalue weighted by molar-refractivity contribution is 6.15. The van der Waals surface area contributed by atoms with Crippen LogP contribution in [0.15, 0.2) is 192 Å². The molecule has 11 aromatic rings. The lowest BCUT2D eigenvalue weighted by Gasteiger charge is -2.13. The second kappa shape index (κ2) is 13.0. The first-order chi connectivity index (χ1) is 27.7. The molecule has 0 spiro atoms. The van der Waals surface area contributed by atoms with E-state index < -0.39 is 0 Å². The molecule has 0 aliphatic rings. The predicted octanol–water partition coefficient (Wildman–Crippen LogP) is 12.6. The quantitative estimate of drug-likeness (QED) is 0.171. The SMILES string of the molecule is c1ccc(-c2ccc3c4ccccc4n(-c4cc(-c5cccc(-c6nc(-c7ccccc7)nc(-c7ccccc7)n6)n5)cc5oc6ccccc6c45)c3c2)cc1. The van der Waals surface area contributed by atoms with E-state index in [0.29, 0.717) is 23.2 Å². The Balaban J connectivity index is 1.14. The number of pyridine rings is 1. The molecule has 6 nitrogen and oxygen atoms in total. The minimum absolute atomic E-state index is 0.500. The maximum absolute atomic E-state index is 6.64. The van der Waals surface area contributed by atoms with Crippen LogP contribution in [0.3, 0.4) is 0 Å². The first-order valence-electron chi connectivity index (χ1n) is 18.6. The van der Waals surface area contributed by atoms with Crippen LogP contribution in [0.4, 0.5) is 0 Å². The lowest BCUT2D eigenvalue weighted by atomic mass is 10.0. The van der Waals surface area contributed by atoms with Gasteiger partial charge in [0.2, 0.25) is 0 Å². The summed E-state index contributed by atoms with van der Waals surface area (Å²) >= 11 is 0. The molecule has 0 aliphatic heterocycles. The van der Waals surface area contributed by atoms with Crippen LogP contribution < -0.4 is 0 Å². The fourth-order valence-electron chi connectivity index (χ4n) is 7.84. The molecule has 6 heteroatoms. The summed E-state index contributed by atoms with van der Waals surface area (Å²) in [7, 11) is 0. The van der Waals surface area contributed by atoms with Crippen molar-refractivity contribution in [2.75, 3.05) is 0 Å². The maximum Gasteiger partial charge on any atom is 0.182 e. The summed E-state index contributed by atoms with van der Waals surface area (Å²) in [6.07, 6.45) is 0. The lowest BCUT2D eigenvalue weighted by Crippen LogP contribution is -2.01. The molecule has 0 bridgehead atoms. The van der Waals surface area contributed by atoms with Crippen LogP contribution in [0.2, 0.25) is 0 Å². The molecule has 4 heterocycles. The van der Waals surface area contributed by atoms with Crippen molar-refractivity contribution in [2.24, 2.45) is 0 Å². The summed E-state index contributed by atoms with van der Waals surface area (Å²) in [5.74, 6) is 1.68. The van der Waals surface area contributed by atoms with Gasteiger partial charge in [0.05, 0.1) is 27.8 Å². The van der Waals surface area contributed by atoms with Gasteiger partial charge in [-0.25, -0.2) is 19.9 Å². The smallest absolute Gasteiger partial charge is 0.182 e. The highest BCUT2D eigenvalue weighted by atomic mass is 16.3. The number of aromatic nitrogens is 5. The molecular weight excluding hydrogens is 687 g/mol. The van der Waals surface area contributed by atoms with Gasteiger partial charge in [-0.3, -0.25) is 0 Å². The number of hydrogen-bond acceptors (Lipinski definition) is 5. The highest BCUT2D eigenvalue weighted by Gasteiger charge is 2.21. The average molecular weight is 718 g/mol. The van der Waals surface area contributed by atoms with Crippen molar-refractivity contribution < 1.29 is 4.42 Å². The maximum atomic E-state index is 6.64. The minimum Gasteiger partial charge on any atom is -0.456 e. The van der Waals surface area contributed by atoms with Gasteiger partial charge < -0.3 is 8.98 Å². The Morgan fingerprint density at radius 3 is 1.66 bits per heavy atom. The van der Waals surface area contributed by atoms with E-state index in [9.17, 15) is 0 Å². The van der Waals surface area contributed by atoms with Crippen molar-refractivity contribution in [1.82, 2.24) is 24.5 Å². The van der Waals surface area contributed by atoms with Crippen LogP contribution >= 0.6 is 0 Å². The monoisotopic (exact) mass is 717 g/mol. The molecule has 0 N–H and O–H groups in total. The van der Waals surface area contributed by atoms with E-state index in [2.05, 4.69) is 102 Å². The Hall–Kier alpha value is -7.70. The molecule has 0 saturated carbocycles. The summed E-state index contributed by atoms with van der Waals surface area (Å²) in [6, 6.07) is 64.6. The predicted molar refractivity (Wildman–Crippen MR) is 226 cm³/mol. The van der Waals surface area contributed by atoms with Gasteiger partial charge >= 0.3 is 0 Å². The Morgan fingerprint density at radius 1 is 0.339 bits per heavy atom. The summed E-state index contributed by atoms with van der Waals surface area (Å²) in [5.41, 5.74) is 11.4. The normalized spacial score (nSPS) is 11.6. The zero-order valence-corrected chi connectivity index (χ0v) is 30.0. The third-order valence-corrected chi connectivity index (χ3v) is 10.5. The van der Waals surface area contributed by atoms with Crippen LogP contribution in [-0.2, 0) is 0 Å². The topological polar surface area (TPSA) is 69.6 Å². The van der Waals surface area contributed by atoms with E-state index >= 15 is 0 Å². The summed E-state index contributed by atoms with van der Waals surface area (Å²) in [6.45, 7) is 0. The minimum atomic E-state index is 0.500. The summed E-state index contributed by atoms with van der Waals surface area (Å²) in [4.78, 5) is 20.1. The number of hydrogen-bond donors (Lipinski definition) is 0. The van der Waals surface area contributed by atoms with Crippen molar-refractivity contribution in [3.63, 3.8) is 0 Å². The number of benzene rings is 7. The molecule has 7 aromatic carbocycles. The largest absolute Gasteiger partial charge is 0.456 e. The molecule has 11 rings (SSSR count). The first-order valence-corrected chi connectivity index (χ1v) is 18.6. The molecule has 0 radical (unpaired) electrons. The third kappa shape index (κ3) is 5.35. The van der Waals surface area contributed by atoms with E-state index in [-0.39, 0.29) is 0 Å². The first kappa shape index (κ1) is 31.8. The number of rotatable bonds is 6. The van der Waals surface area contributed by atoms with Crippen molar-refractivity contribution in [3.8, 4) is 62.4 Å². The zero-order chi connectivity index (χ0) is 37.0. The van der Waals surface area contributed by atoms with Crippen LogP contribution in [0.5, 0.6) is 0 Å². The summed E-state index contributed by atoms with van der Waals surface area (Å²) < 4.78 is 9.03. The Morgan fingerprint density at radius 2 is 0.929 bits per heavy atom. The second-order valence-corrected chi connectivity index (χ2v) is 13.9. The van der Waals surface area contributed by atoms with Crippen LogP contribution in [-0.4, -0.2) is 24.5 Å². The molecule has 56 heavy (non-hydrogen) atoms. The second-order valence-electron chi connectivity index (χ2n) is 13.9. The van der Waals surface area contributed by atoms with Crippen molar-refractivity contribution >= 4 is 43.7 Å². The van der Waals surface area contributed by atoms with Crippen molar-refractivity contribution in [3.05, 3.63) is 188 Å². The molecule has 0 fully saturated rings. The summed E-state index contributed by atoms with van der Waals surface area (Å²) in [5, 5.41) is 4.48. The van der Waals surface area contributed by atoms with E-state index in [1.807, 2.05) is 91.0 Å². The molecular formula is C50H31N5O. The number of furan rings is 1. The van der Waals surface area contributed by atoms with Gasteiger partial charge in [0.25, 0.3) is 0 Å². The molecule has 0 atom stereocenters. The highest BCUT2D eigenvalue weighted by Crippen LogP contribution is 2.42. The number of nitrogens with zero attached hydrogens (tertiary/aromatic N) is 5. The molecule has 0 saturated heterocycles. The van der Waals surface area contributed by atoms with E-state index in [1.54, 1.807) is 0 Å². The lowest BCUT2D eigenvalue weighted by molar-refractivity contribution is 0.669. The van der Waals surface area contributed by atoms with E-state index in [1.165, 1.54) is 16.3 Å². The van der Waals surface area contributed by atoms with Crippen molar-refractivity contribution in [1.29, 1.82) is 0 Å². The van der Waals surface area contributed by atoms with E-state index in [4.69, 9.17) is 24.4 Å².